The third kappa shape index (κ3) is 3.06. The standard InChI is InChI=1S/C13H18N4/c1-3-4-11(2)16-12-5-7-13(8-6-12)17-10-14-9-15-17/h5-11,16H,3-4H2,1-2H3. The normalized spacial score (nSPS) is 12.4. The number of nitrogens with zero attached hydrogens (tertiary/aromatic N) is 3. The van der Waals surface area contributed by atoms with Crippen molar-refractivity contribution in [1.29, 1.82) is 0 Å². The van der Waals surface area contributed by atoms with Crippen LogP contribution in [-0.2, 0) is 0 Å². The molecule has 1 heterocycles. The van der Waals surface area contributed by atoms with Gasteiger partial charge in [-0.25, -0.2) is 9.67 Å². The molecule has 90 valence electrons. The van der Waals surface area contributed by atoms with Crippen LogP contribution in [0.3, 0.4) is 0 Å². The lowest BCUT2D eigenvalue weighted by molar-refractivity contribution is 0.690. The van der Waals surface area contributed by atoms with E-state index in [4.69, 9.17) is 0 Å². The summed E-state index contributed by atoms with van der Waals surface area (Å²) in [6, 6.07) is 8.73. The summed E-state index contributed by atoms with van der Waals surface area (Å²) < 4.78 is 1.75. The summed E-state index contributed by atoms with van der Waals surface area (Å²) >= 11 is 0. The number of benzene rings is 1. The molecule has 4 heteroatoms. The quantitative estimate of drug-likeness (QED) is 0.858. The summed E-state index contributed by atoms with van der Waals surface area (Å²) in [4.78, 5) is 3.93. The van der Waals surface area contributed by atoms with Crippen molar-refractivity contribution in [2.45, 2.75) is 32.7 Å². The van der Waals surface area contributed by atoms with Crippen molar-refractivity contribution in [2.75, 3.05) is 5.32 Å². The van der Waals surface area contributed by atoms with Crippen LogP contribution in [-0.4, -0.2) is 20.8 Å². The van der Waals surface area contributed by atoms with E-state index in [0.29, 0.717) is 6.04 Å². The van der Waals surface area contributed by atoms with Crippen LogP contribution >= 0.6 is 0 Å². The molecule has 0 radical (unpaired) electrons. The van der Waals surface area contributed by atoms with Gasteiger partial charge in [0.15, 0.2) is 0 Å². The first kappa shape index (κ1) is 11.6. The van der Waals surface area contributed by atoms with Gasteiger partial charge in [0.2, 0.25) is 0 Å². The summed E-state index contributed by atoms with van der Waals surface area (Å²) in [7, 11) is 0. The minimum atomic E-state index is 0.511. The van der Waals surface area contributed by atoms with Crippen molar-refractivity contribution in [3.05, 3.63) is 36.9 Å². The Bertz CT molecular complexity index is 433. The van der Waals surface area contributed by atoms with E-state index in [9.17, 15) is 0 Å². The van der Waals surface area contributed by atoms with Crippen molar-refractivity contribution in [3.63, 3.8) is 0 Å². The molecule has 0 saturated heterocycles. The smallest absolute Gasteiger partial charge is 0.138 e. The van der Waals surface area contributed by atoms with Gasteiger partial charge in [-0.15, -0.1) is 0 Å². The minimum Gasteiger partial charge on any atom is -0.383 e. The zero-order chi connectivity index (χ0) is 12.1. The Labute approximate surface area is 102 Å². The van der Waals surface area contributed by atoms with E-state index in [2.05, 4.69) is 41.4 Å². The molecule has 17 heavy (non-hydrogen) atoms. The van der Waals surface area contributed by atoms with Gasteiger partial charge in [-0.3, -0.25) is 0 Å². The highest BCUT2D eigenvalue weighted by Crippen LogP contribution is 2.14. The minimum absolute atomic E-state index is 0.511. The molecular weight excluding hydrogens is 212 g/mol. The predicted octanol–water partition coefficient (Wildman–Crippen LogP) is 2.87. The van der Waals surface area contributed by atoms with Gasteiger partial charge >= 0.3 is 0 Å². The molecule has 0 bridgehead atoms. The molecule has 2 rings (SSSR count). The highest BCUT2D eigenvalue weighted by Gasteiger charge is 2.01. The second-order valence-corrected chi connectivity index (χ2v) is 4.22. The van der Waals surface area contributed by atoms with Gasteiger partial charge in [-0.2, -0.15) is 5.10 Å². The van der Waals surface area contributed by atoms with Gasteiger partial charge in [-0.05, 0) is 37.6 Å². The van der Waals surface area contributed by atoms with Crippen molar-refractivity contribution in [3.8, 4) is 5.69 Å². The van der Waals surface area contributed by atoms with Crippen LogP contribution in [0, 0.1) is 0 Å². The first-order chi connectivity index (χ1) is 8.29. The Morgan fingerprint density at radius 3 is 2.65 bits per heavy atom. The van der Waals surface area contributed by atoms with Crippen molar-refractivity contribution in [2.24, 2.45) is 0 Å². The highest BCUT2D eigenvalue weighted by molar-refractivity contribution is 5.48. The van der Waals surface area contributed by atoms with Gasteiger partial charge in [0.1, 0.15) is 12.7 Å². The molecule has 1 aromatic carbocycles. The van der Waals surface area contributed by atoms with Gasteiger partial charge in [0.25, 0.3) is 0 Å². The molecule has 1 aromatic heterocycles. The van der Waals surface area contributed by atoms with E-state index in [0.717, 1.165) is 11.4 Å². The van der Waals surface area contributed by atoms with Crippen LogP contribution < -0.4 is 5.32 Å². The Morgan fingerprint density at radius 2 is 2.06 bits per heavy atom. The van der Waals surface area contributed by atoms with Crippen LogP contribution in [0.5, 0.6) is 0 Å². The maximum absolute atomic E-state index is 4.09. The molecule has 0 amide bonds. The fraction of sp³-hybridized carbons (Fsp3) is 0.385. The Morgan fingerprint density at radius 1 is 1.29 bits per heavy atom. The van der Waals surface area contributed by atoms with E-state index in [-0.39, 0.29) is 0 Å². The Kier molecular flexibility index (Phi) is 3.75. The molecule has 4 nitrogen and oxygen atoms in total. The van der Waals surface area contributed by atoms with E-state index in [1.165, 1.54) is 19.2 Å². The summed E-state index contributed by atoms with van der Waals surface area (Å²) in [5, 5.41) is 7.56. The largest absolute Gasteiger partial charge is 0.383 e. The van der Waals surface area contributed by atoms with E-state index < -0.39 is 0 Å². The van der Waals surface area contributed by atoms with E-state index in [1.807, 2.05) is 12.1 Å². The van der Waals surface area contributed by atoms with Gasteiger partial charge in [0.05, 0.1) is 5.69 Å². The number of anilines is 1. The molecule has 2 aromatic rings. The van der Waals surface area contributed by atoms with Gasteiger partial charge in [-0.1, -0.05) is 13.3 Å². The third-order valence-electron chi connectivity index (χ3n) is 2.69. The SMILES string of the molecule is CCCC(C)Nc1ccc(-n2cncn2)cc1. The summed E-state index contributed by atoms with van der Waals surface area (Å²) in [5.41, 5.74) is 2.17. The first-order valence-corrected chi connectivity index (χ1v) is 6.01. The number of hydrogen-bond acceptors (Lipinski definition) is 3. The van der Waals surface area contributed by atoms with E-state index in [1.54, 1.807) is 11.0 Å². The summed E-state index contributed by atoms with van der Waals surface area (Å²) in [6.07, 6.45) is 5.62. The maximum atomic E-state index is 4.09. The third-order valence-corrected chi connectivity index (χ3v) is 2.69. The average Bonchev–Trinajstić information content (AvgIpc) is 2.84. The number of hydrogen-bond donors (Lipinski definition) is 1. The van der Waals surface area contributed by atoms with Crippen LogP contribution in [0.15, 0.2) is 36.9 Å². The van der Waals surface area contributed by atoms with Crippen LogP contribution in [0.25, 0.3) is 5.69 Å². The fourth-order valence-corrected chi connectivity index (χ4v) is 1.84. The molecule has 0 aliphatic carbocycles. The molecule has 1 N–H and O–H groups in total. The molecule has 0 fully saturated rings. The molecule has 0 saturated carbocycles. The molecule has 0 aliphatic heterocycles. The maximum Gasteiger partial charge on any atom is 0.138 e. The highest BCUT2D eigenvalue weighted by atomic mass is 15.3. The zero-order valence-electron chi connectivity index (χ0n) is 10.3. The monoisotopic (exact) mass is 230 g/mol. The first-order valence-electron chi connectivity index (χ1n) is 6.01. The number of aromatic nitrogens is 3. The van der Waals surface area contributed by atoms with Crippen LogP contribution in [0.1, 0.15) is 26.7 Å². The molecule has 0 spiro atoms. The molecular formula is C13H18N4. The molecule has 0 aliphatic rings. The molecule has 1 unspecified atom stereocenters. The van der Waals surface area contributed by atoms with E-state index >= 15 is 0 Å². The Hall–Kier alpha value is -1.84. The lowest BCUT2D eigenvalue weighted by Crippen LogP contribution is -2.14. The summed E-state index contributed by atoms with van der Waals surface area (Å²) in [5.74, 6) is 0. The fourth-order valence-electron chi connectivity index (χ4n) is 1.84. The topological polar surface area (TPSA) is 42.7 Å². The lowest BCUT2D eigenvalue weighted by atomic mass is 10.2. The number of nitrogens with one attached hydrogen (secondary N) is 1. The van der Waals surface area contributed by atoms with Crippen molar-refractivity contribution < 1.29 is 0 Å². The lowest BCUT2D eigenvalue weighted by Gasteiger charge is -2.14. The van der Waals surface area contributed by atoms with Crippen molar-refractivity contribution in [1.82, 2.24) is 14.8 Å². The van der Waals surface area contributed by atoms with Gasteiger partial charge < -0.3 is 5.32 Å². The van der Waals surface area contributed by atoms with Crippen molar-refractivity contribution >= 4 is 5.69 Å². The van der Waals surface area contributed by atoms with Crippen LogP contribution in [0.4, 0.5) is 5.69 Å². The Balaban J connectivity index is 2.03. The molecule has 1 atom stereocenters. The number of rotatable bonds is 5. The second-order valence-electron chi connectivity index (χ2n) is 4.22. The second kappa shape index (κ2) is 5.48. The zero-order valence-corrected chi connectivity index (χ0v) is 10.3. The predicted molar refractivity (Wildman–Crippen MR) is 69.4 cm³/mol. The average molecular weight is 230 g/mol. The van der Waals surface area contributed by atoms with Gasteiger partial charge in [0, 0.05) is 11.7 Å². The van der Waals surface area contributed by atoms with Crippen LogP contribution in [0.2, 0.25) is 0 Å². The summed E-state index contributed by atoms with van der Waals surface area (Å²) in [6.45, 7) is 4.40.